The van der Waals surface area contributed by atoms with Crippen LogP contribution in [0.1, 0.15) is 29.8 Å². The van der Waals surface area contributed by atoms with Gasteiger partial charge in [-0.25, -0.2) is 4.79 Å². The summed E-state index contributed by atoms with van der Waals surface area (Å²) in [7, 11) is 4.33. The highest BCUT2D eigenvalue weighted by Crippen LogP contribution is 2.47. The Morgan fingerprint density at radius 2 is 1.68 bits per heavy atom. The Labute approximate surface area is 163 Å². The number of hydrogen-bond donors (Lipinski definition) is 1. The maximum atomic E-state index is 12.2. The molecule has 0 radical (unpaired) electrons. The molecule has 0 fully saturated rings. The van der Waals surface area contributed by atoms with Gasteiger partial charge in [0, 0.05) is 17.7 Å². The number of esters is 1. The number of benzene rings is 2. The van der Waals surface area contributed by atoms with Crippen LogP contribution in [0.25, 0.3) is 11.1 Å². The molecule has 7 nitrogen and oxygen atoms in total. The lowest BCUT2D eigenvalue weighted by Gasteiger charge is -2.27. The fraction of sp³-hybridized carbons (Fsp3) is 0.333. The van der Waals surface area contributed by atoms with Crippen LogP contribution in [0.3, 0.4) is 0 Å². The van der Waals surface area contributed by atoms with Gasteiger partial charge in [-0.1, -0.05) is 12.1 Å². The van der Waals surface area contributed by atoms with Gasteiger partial charge in [-0.15, -0.1) is 0 Å². The summed E-state index contributed by atoms with van der Waals surface area (Å²) in [5.41, 5.74) is 1.70. The fourth-order valence-electron chi connectivity index (χ4n) is 3.26. The third-order valence-corrected chi connectivity index (χ3v) is 4.67. The number of fused-ring (bicyclic) bond motifs is 1. The van der Waals surface area contributed by atoms with E-state index in [1.54, 1.807) is 26.0 Å². The van der Waals surface area contributed by atoms with Gasteiger partial charge in [-0.05, 0) is 43.2 Å². The second-order valence-electron chi connectivity index (χ2n) is 6.80. The second-order valence-corrected chi connectivity index (χ2v) is 6.80. The number of hydrogen-bond acceptors (Lipinski definition) is 6. The molecule has 0 spiro atoms. The molecule has 7 heteroatoms. The maximum absolute atomic E-state index is 12.2. The maximum Gasteiger partial charge on any atom is 0.349 e. The van der Waals surface area contributed by atoms with Gasteiger partial charge in [0.05, 0.1) is 21.3 Å². The quantitative estimate of drug-likeness (QED) is 0.770. The molecule has 1 aliphatic heterocycles. The summed E-state index contributed by atoms with van der Waals surface area (Å²) < 4.78 is 21.9. The first-order valence-corrected chi connectivity index (χ1v) is 8.77. The van der Waals surface area contributed by atoms with Gasteiger partial charge >= 0.3 is 5.97 Å². The minimum atomic E-state index is -1.27. The van der Waals surface area contributed by atoms with Crippen LogP contribution >= 0.6 is 0 Å². The highest BCUT2D eigenvalue weighted by molar-refractivity contribution is 6.01. The van der Waals surface area contributed by atoms with Gasteiger partial charge in [0.2, 0.25) is 5.75 Å². The fourth-order valence-corrected chi connectivity index (χ4v) is 3.26. The zero-order chi connectivity index (χ0) is 20.5. The van der Waals surface area contributed by atoms with Crippen LogP contribution in [-0.4, -0.2) is 38.8 Å². The van der Waals surface area contributed by atoms with Gasteiger partial charge < -0.3 is 24.3 Å². The van der Waals surface area contributed by atoms with Crippen molar-refractivity contribution in [2.45, 2.75) is 26.0 Å². The molecule has 28 heavy (non-hydrogen) atoms. The molecule has 1 heterocycles. The molecule has 0 atom stereocenters. The van der Waals surface area contributed by atoms with Crippen LogP contribution in [0.2, 0.25) is 0 Å². The molecule has 0 bridgehead atoms. The van der Waals surface area contributed by atoms with E-state index >= 15 is 0 Å². The molecule has 3 rings (SSSR count). The molecule has 1 amide bonds. The van der Waals surface area contributed by atoms with Crippen molar-refractivity contribution in [2.75, 3.05) is 21.3 Å². The van der Waals surface area contributed by atoms with E-state index in [2.05, 4.69) is 5.32 Å². The number of amides is 1. The lowest BCUT2D eigenvalue weighted by Crippen LogP contribution is -2.39. The molecule has 1 N–H and O–H groups in total. The number of rotatable bonds is 6. The predicted molar refractivity (Wildman–Crippen MR) is 103 cm³/mol. The molecular formula is C21H23NO6. The van der Waals surface area contributed by atoms with Crippen molar-refractivity contribution >= 4 is 11.9 Å². The smallest absolute Gasteiger partial charge is 0.349 e. The van der Waals surface area contributed by atoms with Gasteiger partial charge in [0.25, 0.3) is 5.91 Å². The lowest BCUT2D eigenvalue weighted by molar-refractivity contribution is -0.156. The minimum absolute atomic E-state index is 0.116. The van der Waals surface area contributed by atoms with Crippen molar-refractivity contribution in [3.63, 3.8) is 0 Å². The van der Waals surface area contributed by atoms with Crippen LogP contribution in [0.15, 0.2) is 30.3 Å². The molecule has 0 unspecified atom stereocenters. The predicted octanol–water partition coefficient (Wildman–Crippen LogP) is 2.94. The third-order valence-electron chi connectivity index (χ3n) is 4.67. The summed E-state index contributed by atoms with van der Waals surface area (Å²) in [6.07, 6.45) is 0. The summed E-state index contributed by atoms with van der Waals surface area (Å²) in [6, 6.07) is 9.07. The number of carbonyl (C=O) groups is 2. The van der Waals surface area contributed by atoms with Crippen LogP contribution in [0, 0.1) is 0 Å². The summed E-state index contributed by atoms with van der Waals surface area (Å²) >= 11 is 0. The zero-order valence-corrected chi connectivity index (χ0v) is 16.5. The van der Waals surface area contributed by atoms with E-state index in [9.17, 15) is 9.59 Å². The molecule has 0 saturated heterocycles. The molecular weight excluding hydrogens is 362 g/mol. The van der Waals surface area contributed by atoms with E-state index in [0.29, 0.717) is 34.9 Å². The monoisotopic (exact) mass is 385 g/mol. The Kier molecular flexibility index (Phi) is 5.18. The van der Waals surface area contributed by atoms with Crippen LogP contribution in [0.4, 0.5) is 0 Å². The van der Waals surface area contributed by atoms with Gasteiger partial charge in [-0.3, -0.25) is 4.79 Å². The van der Waals surface area contributed by atoms with E-state index in [-0.39, 0.29) is 5.91 Å². The number of ether oxygens (including phenoxy) is 4. The lowest BCUT2D eigenvalue weighted by atomic mass is 9.95. The second kappa shape index (κ2) is 7.42. The van der Waals surface area contributed by atoms with Crippen LogP contribution in [0.5, 0.6) is 17.2 Å². The average molecular weight is 385 g/mol. The Bertz CT molecular complexity index is 935. The summed E-state index contributed by atoms with van der Waals surface area (Å²) in [5.74, 6) is 0.508. The summed E-state index contributed by atoms with van der Waals surface area (Å²) in [6.45, 7) is 3.64. The first-order valence-electron chi connectivity index (χ1n) is 8.77. The van der Waals surface area contributed by atoms with Gasteiger partial charge in [0.15, 0.2) is 17.1 Å². The molecule has 2 aromatic carbocycles. The van der Waals surface area contributed by atoms with Crippen molar-refractivity contribution in [1.82, 2.24) is 5.32 Å². The van der Waals surface area contributed by atoms with E-state index in [4.69, 9.17) is 18.9 Å². The normalized spacial score (nSPS) is 12.8. The van der Waals surface area contributed by atoms with Crippen molar-refractivity contribution in [2.24, 2.45) is 0 Å². The molecule has 0 aromatic heterocycles. The minimum Gasteiger partial charge on any atom is -0.493 e. The largest absolute Gasteiger partial charge is 0.493 e. The Morgan fingerprint density at radius 3 is 2.32 bits per heavy atom. The molecule has 1 aliphatic rings. The highest BCUT2D eigenvalue weighted by atomic mass is 16.6. The Balaban J connectivity index is 2.23. The van der Waals surface area contributed by atoms with Crippen molar-refractivity contribution < 1.29 is 28.5 Å². The third kappa shape index (κ3) is 3.24. The first-order chi connectivity index (χ1) is 13.3. The first kappa shape index (κ1) is 19.5. The number of nitrogens with one attached hydrogen (secondary N) is 1. The van der Waals surface area contributed by atoms with Crippen LogP contribution < -0.4 is 19.5 Å². The summed E-state index contributed by atoms with van der Waals surface area (Å²) in [5, 5.41) is 2.83. The Morgan fingerprint density at radius 1 is 0.964 bits per heavy atom. The topological polar surface area (TPSA) is 83.1 Å². The van der Waals surface area contributed by atoms with E-state index in [0.717, 1.165) is 11.1 Å². The standard InChI is InChI=1S/C21H23NO6/c1-21(2,20(24)27-5)28-17-13(9-10-16(25-3)18(17)26-4)12-7-6-8-14-15(12)11-22-19(14)23/h6-10H,11H2,1-5H3,(H,22,23). The zero-order valence-electron chi connectivity index (χ0n) is 16.5. The molecule has 0 saturated carbocycles. The van der Waals surface area contributed by atoms with Crippen LogP contribution in [-0.2, 0) is 16.1 Å². The SMILES string of the molecule is COC(=O)C(C)(C)Oc1c(-c2cccc3c2CNC3=O)ccc(OC)c1OC. The van der Waals surface area contributed by atoms with Crippen molar-refractivity contribution in [1.29, 1.82) is 0 Å². The van der Waals surface area contributed by atoms with Crippen molar-refractivity contribution in [3.05, 3.63) is 41.5 Å². The van der Waals surface area contributed by atoms with E-state index < -0.39 is 11.6 Å². The average Bonchev–Trinajstić information content (AvgIpc) is 3.07. The Hall–Kier alpha value is -3.22. The van der Waals surface area contributed by atoms with E-state index in [1.165, 1.54) is 21.3 Å². The molecule has 0 aliphatic carbocycles. The molecule has 148 valence electrons. The number of carbonyl (C=O) groups excluding carboxylic acids is 2. The van der Waals surface area contributed by atoms with Crippen molar-refractivity contribution in [3.8, 4) is 28.4 Å². The number of methoxy groups -OCH3 is 3. The summed E-state index contributed by atoms with van der Waals surface area (Å²) in [4.78, 5) is 24.3. The van der Waals surface area contributed by atoms with Gasteiger partial charge in [-0.2, -0.15) is 0 Å². The van der Waals surface area contributed by atoms with E-state index in [1.807, 2.05) is 18.2 Å². The molecule has 2 aromatic rings. The van der Waals surface area contributed by atoms with Gasteiger partial charge in [0.1, 0.15) is 0 Å². The highest BCUT2D eigenvalue weighted by Gasteiger charge is 2.35.